The molecule has 0 amide bonds. The van der Waals surface area contributed by atoms with Crippen molar-refractivity contribution in [3.05, 3.63) is 12.7 Å². The average molecular weight is 169 g/mol. The highest BCUT2D eigenvalue weighted by Crippen LogP contribution is 2.13. The molecule has 0 bridgehead atoms. The minimum Gasteiger partial charge on any atom is -0.310 e. The van der Waals surface area contributed by atoms with Crippen molar-refractivity contribution in [3.8, 4) is 0 Å². The molecule has 0 saturated carbocycles. The van der Waals surface area contributed by atoms with Gasteiger partial charge in [-0.2, -0.15) is 0 Å². The van der Waals surface area contributed by atoms with E-state index < -0.39 is 0 Å². The van der Waals surface area contributed by atoms with E-state index in [-0.39, 0.29) is 0 Å². The molecule has 1 atom stereocenters. The van der Waals surface area contributed by atoms with Gasteiger partial charge in [0.25, 0.3) is 0 Å². The van der Waals surface area contributed by atoms with Gasteiger partial charge in [0, 0.05) is 6.04 Å². The standard InChI is InChI=1S/C11H23N/c1-5-9-12-11(8-4)10(6-2)7-3/h8,10-12H,4-7,9H2,1-3H3. The lowest BCUT2D eigenvalue weighted by atomic mass is 9.94. The fraction of sp³-hybridized carbons (Fsp3) is 0.818. The highest BCUT2D eigenvalue weighted by atomic mass is 14.9. The molecular formula is C11H23N. The molecule has 0 aliphatic carbocycles. The maximum absolute atomic E-state index is 3.87. The van der Waals surface area contributed by atoms with Crippen LogP contribution in [0.2, 0.25) is 0 Å². The van der Waals surface area contributed by atoms with Crippen molar-refractivity contribution >= 4 is 0 Å². The zero-order valence-electron chi connectivity index (χ0n) is 8.77. The fourth-order valence-corrected chi connectivity index (χ4v) is 1.55. The Balaban J connectivity index is 3.84. The zero-order valence-corrected chi connectivity index (χ0v) is 8.77. The molecule has 0 aromatic carbocycles. The summed E-state index contributed by atoms with van der Waals surface area (Å²) in [6.45, 7) is 11.7. The van der Waals surface area contributed by atoms with E-state index in [0.29, 0.717) is 6.04 Å². The van der Waals surface area contributed by atoms with E-state index in [9.17, 15) is 0 Å². The summed E-state index contributed by atoms with van der Waals surface area (Å²) in [5.41, 5.74) is 0. The van der Waals surface area contributed by atoms with Crippen LogP contribution in [0.25, 0.3) is 0 Å². The quantitative estimate of drug-likeness (QED) is 0.578. The van der Waals surface area contributed by atoms with Crippen LogP contribution in [0, 0.1) is 5.92 Å². The fourth-order valence-electron chi connectivity index (χ4n) is 1.55. The average Bonchev–Trinajstić information content (AvgIpc) is 2.12. The summed E-state index contributed by atoms with van der Waals surface area (Å²) in [4.78, 5) is 0. The summed E-state index contributed by atoms with van der Waals surface area (Å²) in [6, 6.07) is 0.514. The van der Waals surface area contributed by atoms with Gasteiger partial charge in [-0.25, -0.2) is 0 Å². The molecule has 0 rings (SSSR count). The molecule has 0 spiro atoms. The van der Waals surface area contributed by atoms with Crippen molar-refractivity contribution in [2.75, 3.05) is 6.54 Å². The van der Waals surface area contributed by atoms with Gasteiger partial charge >= 0.3 is 0 Å². The van der Waals surface area contributed by atoms with Crippen molar-refractivity contribution < 1.29 is 0 Å². The second-order valence-electron chi connectivity index (χ2n) is 3.29. The molecule has 0 aromatic rings. The predicted octanol–water partition coefficient (Wildman–Crippen LogP) is 2.98. The van der Waals surface area contributed by atoms with Crippen LogP contribution in [0.3, 0.4) is 0 Å². The monoisotopic (exact) mass is 169 g/mol. The first-order valence-corrected chi connectivity index (χ1v) is 5.15. The molecule has 1 nitrogen and oxygen atoms in total. The van der Waals surface area contributed by atoms with Crippen molar-refractivity contribution in [2.24, 2.45) is 5.92 Å². The maximum atomic E-state index is 3.87. The van der Waals surface area contributed by atoms with E-state index in [1.54, 1.807) is 0 Å². The Bertz CT molecular complexity index is 106. The van der Waals surface area contributed by atoms with Crippen LogP contribution in [0.4, 0.5) is 0 Å². The van der Waals surface area contributed by atoms with E-state index >= 15 is 0 Å². The van der Waals surface area contributed by atoms with Gasteiger partial charge in [0.2, 0.25) is 0 Å². The molecule has 72 valence electrons. The van der Waals surface area contributed by atoms with Crippen molar-refractivity contribution in [2.45, 2.75) is 46.1 Å². The number of nitrogens with one attached hydrogen (secondary N) is 1. The number of rotatable bonds is 7. The van der Waals surface area contributed by atoms with Crippen LogP contribution < -0.4 is 5.32 Å². The van der Waals surface area contributed by atoms with E-state index in [1.807, 2.05) is 6.08 Å². The lowest BCUT2D eigenvalue weighted by Gasteiger charge is -2.22. The first kappa shape index (κ1) is 11.7. The van der Waals surface area contributed by atoms with Gasteiger partial charge < -0.3 is 5.32 Å². The normalized spacial score (nSPS) is 13.3. The van der Waals surface area contributed by atoms with E-state index in [4.69, 9.17) is 0 Å². The van der Waals surface area contributed by atoms with Crippen molar-refractivity contribution in [3.63, 3.8) is 0 Å². The van der Waals surface area contributed by atoms with Crippen LogP contribution in [0.5, 0.6) is 0 Å². The Morgan fingerprint density at radius 3 is 2.17 bits per heavy atom. The zero-order chi connectivity index (χ0) is 9.40. The third-order valence-corrected chi connectivity index (χ3v) is 2.44. The first-order valence-electron chi connectivity index (χ1n) is 5.15. The summed E-state index contributed by atoms with van der Waals surface area (Å²) in [5, 5.41) is 3.50. The third-order valence-electron chi connectivity index (χ3n) is 2.44. The molecule has 0 saturated heterocycles. The molecule has 0 fully saturated rings. The van der Waals surface area contributed by atoms with Gasteiger partial charge in [0.05, 0.1) is 0 Å². The Kier molecular flexibility index (Phi) is 7.17. The lowest BCUT2D eigenvalue weighted by molar-refractivity contribution is 0.384. The van der Waals surface area contributed by atoms with Gasteiger partial charge in [-0.3, -0.25) is 0 Å². The minimum atomic E-state index is 0.514. The van der Waals surface area contributed by atoms with Crippen LogP contribution in [0.1, 0.15) is 40.0 Å². The number of hydrogen-bond acceptors (Lipinski definition) is 1. The predicted molar refractivity (Wildman–Crippen MR) is 56.4 cm³/mol. The largest absolute Gasteiger partial charge is 0.310 e. The van der Waals surface area contributed by atoms with Crippen LogP contribution in [-0.2, 0) is 0 Å². The lowest BCUT2D eigenvalue weighted by Crippen LogP contribution is -2.34. The Morgan fingerprint density at radius 2 is 1.83 bits per heavy atom. The maximum Gasteiger partial charge on any atom is 0.0275 e. The Morgan fingerprint density at radius 1 is 1.25 bits per heavy atom. The topological polar surface area (TPSA) is 12.0 Å². The van der Waals surface area contributed by atoms with E-state index in [1.165, 1.54) is 19.3 Å². The highest BCUT2D eigenvalue weighted by molar-refractivity contribution is 4.89. The molecule has 1 N–H and O–H groups in total. The van der Waals surface area contributed by atoms with Gasteiger partial charge in [-0.05, 0) is 18.9 Å². The van der Waals surface area contributed by atoms with Gasteiger partial charge in [0.15, 0.2) is 0 Å². The first-order chi connectivity index (χ1) is 5.79. The van der Waals surface area contributed by atoms with E-state index in [2.05, 4.69) is 32.7 Å². The second-order valence-corrected chi connectivity index (χ2v) is 3.29. The SMILES string of the molecule is C=CC(NCCC)C(CC)CC. The highest BCUT2D eigenvalue weighted by Gasteiger charge is 2.13. The van der Waals surface area contributed by atoms with Crippen LogP contribution in [0.15, 0.2) is 12.7 Å². The molecular weight excluding hydrogens is 146 g/mol. The third kappa shape index (κ3) is 3.91. The van der Waals surface area contributed by atoms with Gasteiger partial charge in [0.1, 0.15) is 0 Å². The molecule has 0 aromatic heterocycles. The summed E-state index contributed by atoms with van der Waals surface area (Å²) < 4.78 is 0. The number of hydrogen-bond donors (Lipinski definition) is 1. The van der Waals surface area contributed by atoms with Crippen LogP contribution >= 0.6 is 0 Å². The van der Waals surface area contributed by atoms with Crippen molar-refractivity contribution in [1.29, 1.82) is 0 Å². The Labute approximate surface area is 77.2 Å². The molecule has 12 heavy (non-hydrogen) atoms. The molecule has 0 aliphatic rings. The van der Waals surface area contributed by atoms with E-state index in [0.717, 1.165) is 12.5 Å². The van der Waals surface area contributed by atoms with Crippen LogP contribution in [-0.4, -0.2) is 12.6 Å². The molecule has 0 heterocycles. The summed E-state index contributed by atoms with van der Waals surface area (Å²) in [5.74, 6) is 0.758. The molecule has 0 aliphatic heterocycles. The molecule has 0 radical (unpaired) electrons. The molecule has 1 heteroatoms. The van der Waals surface area contributed by atoms with Gasteiger partial charge in [-0.1, -0.05) is 39.7 Å². The molecule has 1 unspecified atom stereocenters. The Hall–Kier alpha value is -0.300. The minimum absolute atomic E-state index is 0.514. The summed E-state index contributed by atoms with van der Waals surface area (Å²) in [7, 11) is 0. The smallest absolute Gasteiger partial charge is 0.0275 e. The summed E-state index contributed by atoms with van der Waals surface area (Å²) >= 11 is 0. The second kappa shape index (κ2) is 7.35. The van der Waals surface area contributed by atoms with Gasteiger partial charge in [-0.15, -0.1) is 6.58 Å². The van der Waals surface area contributed by atoms with Crippen molar-refractivity contribution in [1.82, 2.24) is 5.32 Å². The summed E-state index contributed by atoms with van der Waals surface area (Å²) in [6.07, 6.45) is 5.73.